The van der Waals surface area contributed by atoms with Crippen molar-refractivity contribution in [2.45, 2.75) is 50.4 Å². The molecule has 2 atom stereocenters. The van der Waals surface area contributed by atoms with E-state index in [1.807, 2.05) is 0 Å². The first-order chi connectivity index (χ1) is 10.0. The van der Waals surface area contributed by atoms with E-state index in [9.17, 15) is 10.1 Å². The minimum Gasteiger partial charge on any atom is -0.311 e. The van der Waals surface area contributed by atoms with Crippen LogP contribution < -0.4 is 5.32 Å². The molecule has 1 aromatic carbocycles. The number of nitrogens with zero attached hydrogens (tertiary/aromatic N) is 2. The highest BCUT2D eigenvalue weighted by Gasteiger charge is 2.35. The van der Waals surface area contributed by atoms with E-state index < -0.39 is 0 Å². The zero-order valence-electron chi connectivity index (χ0n) is 12.5. The van der Waals surface area contributed by atoms with E-state index in [-0.39, 0.29) is 23.0 Å². The molecule has 0 radical (unpaired) electrons. The molecule has 2 aliphatic rings. The number of hydrogen-bond donors (Lipinski definition) is 1. The molecule has 1 N–H and O–H groups in total. The molecule has 0 amide bonds. The third-order valence-corrected chi connectivity index (χ3v) is 4.97. The Morgan fingerprint density at radius 1 is 1.36 bits per heavy atom. The van der Waals surface area contributed by atoms with E-state index in [0.717, 1.165) is 18.4 Å². The van der Waals surface area contributed by atoms with Crippen LogP contribution in [0.5, 0.6) is 0 Å². The van der Waals surface area contributed by atoms with E-state index in [0.29, 0.717) is 29.7 Å². The molecule has 0 saturated carbocycles. The molecule has 1 aromatic rings. The van der Waals surface area contributed by atoms with Crippen LogP contribution >= 0.6 is 24.0 Å². The molecule has 2 bridgehead atoms. The topological polar surface area (TPSA) is 58.4 Å². The fourth-order valence-electron chi connectivity index (χ4n) is 3.63. The number of halogens is 2. The zero-order chi connectivity index (χ0) is 15.0. The highest BCUT2D eigenvalue weighted by atomic mass is 35.5. The van der Waals surface area contributed by atoms with Gasteiger partial charge in [0.15, 0.2) is 0 Å². The monoisotopic (exact) mass is 345 g/mol. The van der Waals surface area contributed by atoms with Crippen LogP contribution in [0.25, 0.3) is 0 Å². The molecule has 2 unspecified atom stereocenters. The Hall–Kier alpha value is -0.880. The lowest BCUT2D eigenvalue weighted by atomic mass is 9.98. The summed E-state index contributed by atoms with van der Waals surface area (Å²) < 4.78 is 0. The number of hydrogen-bond acceptors (Lipinski definition) is 4. The summed E-state index contributed by atoms with van der Waals surface area (Å²) in [6, 6.07) is 6.68. The maximum Gasteiger partial charge on any atom is 0.275 e. The van der Waals surface area contributed by atoms with Gasteiger partial charge in [-0.25, -0.2) is 0 Å². The maximum atomic E-state index is 11.2. The van der Waals surface area contributed by atoms with Crippen LogP contribution in [0.15, 0.2) is 18.2 Å². The minimum absolute atomic E-state index is 0. The Morgan fingerprint density at radius 3 is 2.59 bits per heavy atom. The molecule has 2 aliphatic heterocycles. The van der Waals surface area contributed by atoms with Crippen LogP contribution in [-0.4, -0.2) is 35.0 Å². The minimum atomic E-state index is -0.346. The fraction of sp³-hybridized carbons (Fsp3) is 0.600. The van der Waals surface area contributed by atoms with E-state index in [4.69, 9.17) is 11.6 Å². The van der Waals surface area contributed by atoms with Gasteiger partial charge in [0, 0.05) is 41.3 Å². The molecule has 0 spiro atoms. The first kappa shape index (κ1) is 17.5. The molecule has 0 aromatic heterocycles. The Balaban J connectivity index is 0.00000176. The average molecular weight is 346 g/mol. The van der Waals surface area contributed by atoms with Crippen molar-refractivity contribution < 1.29 is 4.92 Å². The number of fused-ring (bicyclic) bond motifs is 2. The predicted octanol–water partition coefficient (Wildman–Crippen LogP) is 3.38. The first-order valence-electron chi connectivity index (χ1n) is 7.42. The summed E-state index contributed by atoms with van der Waals surface area (Å²) in [6.07, 6.45) is 4.79. The van der Waals surface area contributed by atoms with Gasteiger partial charge in [-0.1, -0.05) is 11.6 Å². The summed E-state index contributed by atoms with van der Waals surface area (Å²) in [6.45, 7) is 0.595. The molecular weight excluding hydrogens is 325 g/mol. The van der Waals surface area contributed by atoms with Crippen molar-refractivity contribution in [2.75, 3.05) is 7.05 Å². The van der Waals surface area contributed by atoms with Gasteiger partial charge in [0.1, 0.15) is 0 Å². The first-order valence-corrected chi connectivity index (χ1v) is 7.80. The Bertz CT molecular complexity index is 544. The maximum absolute atomic E-state index is 11.2. The molecule has 2 heterocycles. The van der Waals surface area contributed by atoms with Crippen LogP contribution in [0.3, 0.4) is 0 Å². The Labute approximate surface area is 141 Å². The molecule has 2 fully saturated rings. The van der Waals surface area contributed by atoms with Crippen molar-refractivity contribution in [2.24, 2.45) is 0 Å². The zero-order valence-corrected chi connectivity index (χ0v) is 14.1. The van der Waals surface area contributed by atoms with Crippen LogP contribution in [-0.2, 0) is 6.54 Å². The summed E-state index contributed by atoms with van der Waals surface area (Å²) in [5.41, 5.74) is 0.851. The normalized spacial score (nSPS) is 26.8. The molecule has 122 valence electrons. The van der Waals surface area contributed by atoms with Crippen LogP contribution in [0.2, 0.25) is 5.02 Å². The second-order valence-electron chi connectivity index (χ2n) is 6.21. The van der Waals surface area contributed by atoms with Gasteiger partial charge in [-0.2, -0.15) is 0 Å². The van der Waals surface area contributed by atoms with Gasteiger partial charge in [-0.3, -0.25) is 15.0 Å². The number of benzene rings is 1. The third kappa shape index (κ3) is 3.71. The van der Waals surface area contributed by atoms with E-state index in [2.05, 4.69) is 17.3 Å². The number of nitro benzene ring substituents is 1. The fourth-order valence-corrected chi connectivity index (χ4v) is 3.79. The highest BCUT2D eigenvalue weighted by Crippen LogP contribution is 2.31. The lowest BCUT2D eigenvalue weighted by Crippen LogP contribution is -2.46. The Morgan fingerprint density at radius 2 is 2.00 bits per heavy atom. The van der Waals surface area contributed by atoms with Gasteiger partial charge in [-0.15, -0.1) is 12.4 Å². The van der Waals surface area contributed by atoms with E-state index in [1.165, 1.54) is 18.9 Å². The molecule has 22 heavy (non-hydrogen) atoms. The number of rotatable bonds is 4. The van der Waals surface area contributed by atoms with Gasteiger partial charge in [-0.05, 0) is 44.9 Å². The van der Waals surface area contributed by atoms with Crippen molar-refractivity contribution in [3.8, 4) is 0 Å². The highest BCUT2D eigenvalue weighted by molar-refractivity contribution is 6.30. The molecule has 3 rings (SSSR count). The molecule has 2 saturated heterocycles. The van der Waals surface area contributed by atoms with Gasteiger partial charge in [0.25, 0.3) is 5.69 Å². The molecule has 5 nitrogen and oxygen atoms in total. The molecule has 0 aliphatic carbocycles. The van der Waals surface area contributed by atoms with Crippen molar-refractivity contribution in [3.05, 3.63) is 38.9 Å². The Kier molecular flexibility index (Phi) is 5.66. The number of nitrogens with one attached hydrogen (secondary N) is 1. The van der Waals surface area contributed by atoms with Gasteiger partial charge >= 0.3 is 0 Å². The van der Waals surface area contributed by atoms with Crippen LogP contribution in [0.1, 0.15) is 31.2 Å². The number of nitro groups is 1. The lowest BCUT2D eigenvalue weighted by molar-refractivity contribution is -0.385. The second-order valence-corrected chi connectivity index (χ2v) is 6.64. The summed E-state index contributed by atoms with van der Waals surface area (Å²) in [5, 5.41) is 15.2. The number of piperidine rings is 1. The third-order valence-electron chi connectivity index (χ3n) is 4.74. The smallest absolute Gasteiger partial charge is 0.275 e. The standard InChI is InChI=1S/C15H20ClN3O2.ClH/c1-18(14-7-12-4-5-13(8-14)17-12)9-10-2-3-11(16)6-15(10)19(20)21;/h2-3,6,12-14,17H,4-5,7-9H2,1H3;1H. The summed E-state index contributed by atoms with van der Waals surface area (Å²) >= 11 is 5.87. The predicted molar refractivity (Wildman–Crippen MR) is 89.8 cm³/mol. The quantitative estimate of drug-likeness (QED) is 0.671. The lowest BCUT2D eigenvalue weighted by Gasteiger charge is -2.35. The van der Waals surface area contributed by atoms with Gasteiger partial charge in [0.05, 0.1) is 4.92 Å². The van der Waals surface area contributed by atoms with Crippen LogP contribution in [0, 0.1) is 10.1 Å². The van der Waals surface area contributed by atoms with Gasteiger partial charge < -0.3 is 5.32 Å². The van der Waals surface area contributed by atoms with Gasteiger partial charge in [0.2, 0.25) is 0 Å². The second kappa shape index (κ2) is 7.13. The summed E-state index contributed by atoms with van der Waals surface area (Å²) in [7, 11) is 2.06. The SMILES string of the molecule is CN(Cc1ccc(Cl)cc1[N+](=O)[O-])C1CC2CCC(C1)N2.Cl. The van der Waals surface area contributed by atoms with Crippen molar-refractivity contribution in [1.29, 1.82) is 0 Å². The average Bonchev–Trinajstić information content (AvgIpc) is 2.79. The van der Waals surface area contributed by atoms with Crippen molar-refractivity contribution in [3.63, 3.8) is 0 Å². The molecule has 7 heteroatoms. The summed E-state index contributed by atoms with van der Waals surface area (Å²) in [5.74, 6) is 0. The van der Waals surface area contributed by atoms with E-state index >= 15 is 0 Å². The molecular formula is C15H21Cl2N3O2. The van der Waals surface area contributed by atoms with Crippen molar-refractivity contribution in [1.82, 2.24) is 10.2 Å². The van der Waals surface area contributed by atoms with Crippen LogP contribution in [0.4, 0.5) is 5.69 Å². The largest absolute Gasteiger partial charge is 0.311 e. The van der Waals surface area contributed by atoms with E-state index in [1.54, 1.807) is 12.1 Å². The summed E-state index contributed by atoms with van der Waals surface area (Å²) in [4.78, 5) is 13.1. The van der Waals surface area contributed by atoms with Crippen molar-refractivity contribution >= 4 is 29.7 Å².